The fourth-order valence-corrected chi connectivity index (χ4v) is 2.74. The Labute approximate surface area is 168 Å². The zero-order valence-electron chi connectivity index (χ0n) is 16.1. The maximum Gasteiger partial charge on any atom is 0.291 e. The van der Waals surface area contributed by atoms with Crippen LogP contribution in [0.3, 0.4) is 0 Å². The molecule has 3 heterocycles. The first-order chi connectivity index (χ1) is 14.1. The minimum Gasteiger partial charge on any atom is -0.454 e. The smallest absolute Gasteiger partial charge is 0.291 e. The first kappa shape index (κ1) is 18.5. The van der Waals surface area contributed by atoms with Crippen molar-refractivity contribution >= 4 is 11.6 Å². The lowest BCUT2D eigenvalue weighted by Gasteiger charge is -2.08. The zero-order chi connectivity index (χ0) is 20.2. The molecule has 29 heavy (non-hydrogen) atoms. The van der Waals surface area contributed by atoms with E-state index in [0.29, 0.717) is 23.9 Å². The van der Waals surface area contributed by atoms with Crippen molar-refractivity contribution in [3.8, 4) is 11.6 Å². The summed E-state index contributed by atoms with van der Waals surface area (Å²) in [5.74, 6) is 1.70. The molecule has 0 saturated heterocycles. The third kappa shape index (κ3) is 4.52. The summed E-state index contributed by atoms with van der Waals surface area (Å²) >= 11 is 0. The summed E-state index contributed by atoms with van der Waals surface area (Å²) in [6.45, 7) is 4.55. The Kier molecular flexibility index (Phi) is 5.11. The highest BCUT2D eigenvalue weighted by Crippen LogP contribution is 2.23. The van der Waals surface area contributed by atoms with Crippen molar-refractivity contribution in [1.82, 2.24) is 14.8 Å². The van der Waals surface area contributed by atoms with Gasteiger partial charge < -0.3 is 14.5 Å². The highest BCUT2D eigenvalue weighted by Gasteiger charge is 2.12. The van der Waals surface area contributed by atoms with Gasteiger partial charge in [-0.15, -0.1) is 0 Å². The van der Waals surface area contributed by atoms with Crippen LogP contribution in [0.2, 0.25) is 0 Å². The average molecular weight is 388 g/mol. The minimum atomic E-state index is -0.346. The van der Waals surface area contributed by atoms with Gasteiger partial charge in [0.1, 0.15) is 11.5 Å². The van der Waals surface area contributed by atoms with Crippen molar-refractivity contribution in [2.75, 3.05) is 5.32 Å². The molecule has 7 nitrogen and oxygen atoms in total. The van der Waals surface area contributed by atoms with Crippen LogP contribution in [0.15, 0.2) is 71.5 Å². The molecule has 1 aromatic carbocycles. The monoisotopic (exact) mass is 388 g/mol. The lowest BCUT2D eigenvalue weighted by molar-refractivity contribution is 0.0994. The number of carbonyl (C=O) groups is 1. The van der Waals surface area contributed by atoms with Crippen molar-refractivity contribution in [2.45, 2.75) is 20.4 Å². The number of rotatable bonds is 6. The normalized spacial score (nSPS) is 10.7. The van der Waals surface area contributed by atoms with Crippen LogP contribution in [0.4, 0.5) is 5.69 Å². The lowest BCUT2D eigenvalue weighted by atomic mass is 10.1. The minimum absolute atomic E-state index is 0.225. The number of hydrogen-bond donors (Lipinski definition) is 1. The standard InChI is InChI=1S/C22H20N4O3/c1-15-4-6-18(12-16(15)2)29-21-9-5-17(13-23-21)25-22(27)20-8-7-19(28-20)14-26-11-3-10-24-26/h3-13H,14H2,1-2H3,(H,25,27). The van der Waals surface area contributed by atoms with Crippen LogP contribution in [-0.2, 0) is 6.54 Å². The van der Waals surface area contributed by atoms with Crippen molar-refractivity contribution in [3.05, 3.63) is 89.8 Å². The first-order valence-electron chi connectivity index (χ1n) is 9.15. The van der Waals surface area contributed by atoms with Crippen LogP contribution < -0.4 is 10.1 Å². The molecule has 0 aliphatic heterocycles. The molecule has 7 heteroatoms. The number of nitrogens with zero attached hydrogens (tertiary/aromatic N) is 3. The number of aryl methyl sites for hydroxylation is 2. The second-order valence-corrected chi connectivity index (χ2v) is 6.66. The highest BCUT2D eigenvalue weighted by atomic mass is 16.5. The molecule has 146 valence electrons. The lowest BCUT2D eigenvalue weighted by Crippen LogP contribution is -2.11. The Morgan fingerprint density at radius 2 is 2.03 bits per heavy atom. The molecule has 0 bridgehead atoms. The molecule has 1 amide bonds. The van der Waals surface area contributed by atoms with Crippen LogP contribution in [-0.4, -0.2) is 20.7 Å². The van der Waals surface area contributed by atoms with Crippen LogP contribution in [0.25, 0.3) is 0 Å². The molecular weight excluding hydrogens is 368 g/mol. The first-order valence-corrected chi connectivity index (χ1v) is 9.15. The molecule has 0 spiro atoms. The summed E-state index contributed by atoms with van der Waals surface area (Å²) in [6.07, 6.45) is 5.06. The fourth-order valence-electron chi connectivity index (χ4n) is 2.74. The second-order valence-electron chi connectivity index (χ2n) is 6.66. The van der Waals surface area contributed by atoms with E-state index in [0.717, 1.165) is 11.3 Å². The van der Waals surface area contributed by atoms with E-state index in [1.54, 1.807) is 41.3 Å². The fraction of sp³-hybridized carbons (Fsp3) is 0.136. The molecule has 0 atom stereocenters. The van der Waals surface area contributed by atoms with E-state index < -0.39 is 0 Å². The molecule has 0 aliphatic rings. The Morgan fingerprint density at radius 1 is 1.14 bits per heavy atom. The van der Waals surface area contributed by atoms with Gasteiger partial charge in [0.25, 0.3) is 5.91 Å². The molecule has 0 radical (unpaired) electrons. The van der Waals surface area contributed by atoms with E-state index in [2.05, 4.69) is 15.4 Å². The molecule has 0 saturated carbocycles. The quantitative estimate of drug-likeness (QED) is 0.523. The van der Waals surface area contributed by atoms with Gasteiger partial charge in [0.15, 0.2) is 5.76 Å². The van der Waals surface area contributed by atoms with Crippen LogP contribution in [0.1, 0.15) is 27.4 Å². The number of hydrogen-bond acceptors (Lipinski definition) is 5. The Bertz CT molecular complexity index is 1120. The number of pyridine rings is 1. The summed E-state index contributed by atoms with van der Waals surface area (Å²) in [6, 6.07) is 14.5. The maximum absolute atomic E-state index is 12.4. The number of anilines is 1. The molecule has 0 aliphatic carbocycles. The predicted octanol–water partition coefficient (Wildman–Crippen LogP) is 4.58. The number of benzene rings is 1. The third-order valence-electron chi connectivity index (χ3n) is 4.46. The Morgan fingerprint density at radius 3 is 2.76 bits per heavy atom. The van der Waals surface area contributed by atoms with Gasteiger partial charge in [0.2, 0.25) is 5.88 Å². The Hall–Kier alpha value is -3.87. The van der Waals surface area contributed by atoms with Crippen LogP contribution in [0.5, 0.6) is 11.6 Å². The predicted molar refractivity (Wildman–Crippen MR) is 108 cm³/mol. The van der Waals surface area contributed by atoms with Crippen molar-refractivity contribution < 1.29 is 13.9 Å². The van der Waals surface area contributed by atoms with Gasteiger partial charge >= 0.3 is 0 Å². The largest absolute Gasteiger partial charge is 0.454 e. The van der Waals surface area contributed by atoms with E-state index in [1.165, 1.54) is 5.56 Å². The van der Waals surface area contributed by atoms with Gasteiger partial charge in [-0.3, -0.25) is 9.48 Å². The second kappa shape index (κ2) is 8.02. The molecule has 4 rings (SSSR count). The summed E-state index contributed by atoms with van der Waals surface area (Å²) in [5, 5.41) is 6.88. The van der Waals surface area contributed by atoms with E-state index in [9.17, 15) is 4.79 Å². The van der Waals surface area contributed by atoms with Gasteiger partial charge in [-0.25, -0.2) is 4.98 Å². The molecule has 0 fully saturated rings. The summed E-state index contributed by atoms with van der Waals surface area (Å²) in [4.78, 5) is 16.6. The van der Waals surface area contributed by atoms with Gasteiger partial charge in [-0.2, -0.15) is 5.10 Å². The van der Waals surface area contributed by atoms with E-state index in [4.69, 9.17) is 9.15 Å². The van der Waals surface area contributed by atoms with Gasteiger partial charge in [0, 0.05) is 18.5 Å². The maximum atomic E-state index is 12.4. The topological polar surface area (TPSA) is 82.2 Å². The summed E-state index contributed by atoms with van der Waals surface area (Å²) in [7, 11) is 0. The van der Waals surface area contributed by atoms with Crippen LogP contribution in [0, 0.1) is 13.8 Å². The van der Waals surface area contributed by atoms with E-state index >= 15 is 0 Å². The number of furan rings is 1. The van der Waals surface area contributed by atoms with Gasteiger partial charge in [-0.1, -0.05) is 6.07 Å². The van der Waals surface area contributed by atoms with Crippen LogP contribution >= 0.6 is 0 Å². The molecular formula is C22H20N4O3. The summed E-state index contributed by atoms with van der Waals surface area (Å²) in [5.41, 5.74) is 2.90. The number of aromatic nitrogens is 3. The highest BCUT2D eigenvalue weighted by molar-refractivity contribution is 6.02. The van der Waals surface area contributed by atoms with Crippen molar-refractivity contribution in [3.63, 3.8) is 0 Å². The number of carbonyl (C=O) groups excluding carboxylic acids is 1. The average Bonchev–Trinajstić information content (AvgIpc) is 3.39. The zero-order valence-corrected chi connectivity index (χ0v) is 16.1. The number of nitrogens with one attached hydrogen (secondary N) is 1. The van der Waals surface area contributed by atoms with Gasteiger partial charge in [0.05, 0.1) is 18.4 Å². The van der Waals surface area contributed by atoms with E-state index in [1.807, 2.05) is 44.3 Å². The van der Waals surface area contributed by atoms with Crippen molar-refractivity contribution in [2.24, 2.45) is 0 Å². The molecule has 3 aromatic heterocycles. The molecule has 4 aromatic rings. The van der Waals surface area contributed by atoms with Crippen molar-refractivity contribution in [1.29, 1.82) is 0 Å². The van der Waals surface area contributed by atoms with E-state index in [-0.39, 0.29) is 11.7 Å². The SMILES string of the molecule is Cc1ccc(Oc2ccc(NC(=O)c3ccc(Cn4cccn4)o3)cn2)cc1C. The van der Waals surface area contributed by atoms with Gasteiger partial charge in [-0.05, 0) is 61.4 Å². The number of amides is 1. The third-order valence-corrected chi connectivity index (χ3v) is 4.46. The number of ether oxygens (including phenoxy) is 1. The Balaban J connectivity index is 1.37. The summed E-state index contributed by atoms with van der Waals surface area (Å²) < 4.78 is 13.1. The molecule has 0 unspecified atom stereocenters. The molecule has 1 N–H and O–H groups in total.